The van der Waals surface area contributed by atoms with Crippen LogP contribution in [0.4, 0.5) is 0 Å². The van der Waals surface area contributed by atoms with Crippen LogP contribution in [0.5, 0.6) is 0 Å². The molecule has 0 spiro atoms. The van der Waals surface area contributed by atoms with Crippen molar-refractivity contribution in [1.82, 2.24) is 5.32 Å². The molecule has 0 aromatic carbocycles. The summed E-state index contributed by atoms with van der Waals surface area (Å²) >= 11 is 0. The number of terminal acetylenes is 1. The number of unbranched alkanes of at least 4 members (excludes halogenated alkanes) is 1. The highest BCUT2D eigenvalue weighted by Gasteiger charge is 1.92. The first-order chi connectivity index (χ1) is 6.31. The van der Waals surface area contributed by atoms with Crippen LogP contribution in [0.1, 0.15) is 25.7 Å². The van der Waals surface area contributed by atoms with Gasteiger partial charge in [0.1, 0.15) is 5.84 Å². The van der Waals surface area contributed by atoms with Crippen molar-refractivity contribution in [3.8, 4) is 12.3 Å². The smallest absolute Gasteiger partial charge is 0.139 e. The summed E-state index contributed by atoms with van der Waals surface area (Å²) < 4.78 is 0. The van der Waals surface area contributed by atoms with Gasteiger partial charge in [0.15, 0.2) is 0 Å². The van der Waals surface area contributed by atoms with Crippen LogP contribution in [0.15, 0.2) is 5.16 Å². The molecule has 4 nitrogen and oxygen atoms in total. The van der Waals surface area contributed by atoms with Crippen molar-refractivity contribution in [2.75, 3.05) is 13.1 Å². The largest absolute Gasteiger partial charge is 0.409 e. The number of oxime groups is 1. The molecule has 0 bridgehead atoms. The van der Waals surface area contributed by atoms with Gasteiger partial charge >= 0.3 is 0 Å². The lowest BCUT2D eigenvalue weighted by molar-refractivity contribution is 0.316. The standard InChI is InChI=1S/C9H17N3O/c1-2-3-7-11-8-5-4-6-9(10)12-13/h1,11,13H,3-8H2,(H2,10,12). The first-order valence-corrected chi connectivity index (χ1v) is 4.42. The van der Waals surface area contributed by atoms with Crippen molar-refractivity contribution in [2.45, 2.75) is 25.7 Å². The first-order valence-electron chi connectivity index (χ1n) is 4.42. The summed E-state index contributed by atoms with van der Waals surface area (Å²) in [7, 11) is 0. The maximum absolute atomic E-state index is 8.23. The minimum Gasteiger partial charge on any atom is -0.409 e. The maximum Gasteiger partial charge on any atom is 0.139 e. The molecule has 0 radical (unpaired) electrons. The van der Waals surface area contributed by atoms with Crippen molar-refractivity contribution >= 4 is 5.84 Å². The van der Waals surface area contributed by atoms with E-state index in [0.717, 1.165) is 32.4 Å². The van der Waals surface area contributed by atoms with E-state index in [1.165, 1.54) is 0 Å². The lowest BCUT2D eigenvalue weighted by Gasteiger charge is -2.01. The van der Waals surface area contributed by atoms with E-state index >= 15 is 0 Å². The Morgan fingerprint density at radius 3 is 2.85 bits per heavy atom. The molecule has 0 fully saturated rings. The predicted octanol–water partition coefficient (Wildman–Crippen LogP) is 0.516. The molecule has 0 saturated carbocycles. The number of hydrogen-bond acceptors (Lipinski definition) is 3. The van der Waals surface area contributed by atoms with E-state index in [2.05, 4.69) is 16.4 Å². The third kappa shape index (κ3) is 8.70. The summed E-state index contributed by atoms with van der Waals surface area (Å²) in [6.45, 7) is 1.79. The monoisotopic (exact) mass is 183 g/mol. The molecule has 0 saturated heterocycles. The zero-order chi connectivity index (χ0) is 9.94. The summed E-state index contributed by atoms with van der Waals surface area (Å²) in [5, 5.41) is 14.3. The fourth-order valence-electron chi connectivity index (χ4n) is 0.892. The molecule has 4 heteroatoms. The van der Waals surface area contributed by atoms with Gasteiger partial charge in [0.2, 0.25) is 0 Å². The highest BCUT2D eigenvalue weighted by molar-refractivity contribution is 5.79. The van der Waals surface area contributed by atoms with Gasteiger partial charge < -0.3 is 16.3 Å². The molecule has 0 rings (SSSR count). The van der Waals surface area contributed by atoms with Crippen molar-refractivity contribution in [3.05, 3.63) is 0 Å². The lowest BCUT2D eigenvalue weighted by Crippen LogP contribution is -2.17. The number of nitrogens with one attached hydrogen (secondary N) is 1. The predicted molar refractivity (Wildman–Crippen MR) is 53.6 cm³/mol. The third-order valence-electron chi connectivity index (χ3n) is 1.61. The quantitative estimate of drug-likeness (QED) is 0.134. The van der Waals surface area contributed by atoms with Crippen LogP contribution < -0.4 is 11.1 Å². The molecule has 0 aliphatic carbocycles. The SMILES string of the molecule is C#CCCNCCCCC(N)=NO. The van der Waals surface area contributed by atoms with E-state index in [9.17, 15) is 0 Å². The molecule has 0 heterocycles. The molecule has 0 unspecified atom stereocenters. The minimum atomic E-state index is 0.295. The second-order valence-electron chi connectivity index (χ2n) is 2.75. The Balaban J connectivity index is 3.05. The molecule has 0 aliphatic rings. The number of nitrogens with zero attached hydrogens (tertiary/aromatic N) is 1. The Labute approximate surface area is 79.2 Å². The average Bonchev–Trinajstić information content (AvgIpc) is 2.16. The molecule has 0 aromatic heterocycles. The number of rotatable bonds is 7. The Bertz CT molecular complexity index is 184. The molecule has 0 aromatic rings. The Morgan fingerprint density at radius 1 is 1.46 bits per heavy atom. The van der Waals surface area contributed by atoms with Gasteiger partial charge in [0.05, 0.1) is 0 Å². The van der Waals surface area contributed by atoms with Crippen molar-refractivity contribution in [2.24, 2.45) is 10.9 Å². The first kappa shape index (κ1) is 11.8. The topological polar surface area (TPSA) is 70.6 Å². The molecular weight excluding hydrogens is 166 g/mol. The number of nitrogens with two attached hydrogens (primary N) is 1. The maximum atomic E-state index is 8.23. The van der Waals surface area contributed by atoms with Crippen molar-refractivity contribution in [1.29, 1.82) is 0 Å². The van der Waals surface area contributed by atoms with Gasteiger partial charge in [-0.2, -0.15) is 0 Å². The molecular formula is C9H17N3O. The van der Waals surface area contributed by atoms with Gasteiger partial charge in [-0.15, -0.1) is 12.3 Å². The fraction of sp³-hybridized carbons (Fsp3) is 0.667. The van der Waals surface area contributed by atoms with Gasteiger partial charge in [0, 0.05) is 19.4 Å². The van der Waals surface area contributed by atoms with E-state index in [0.29, 0.717) is 12.3 Å². The molecule has 13 heavy (non-hydrogen) atoms. The summed E-state index contributed by atoms with van der Waals surface area (Å²) in [6, 6.07) is 0. The van der Waals surface area contributed by atoms with E-state index < -0.39 is 0 Å². The van der Waals surface area contributed by atoms with Gasteiger partial charge in [-0.3, -0.25) is 0 Å². The van der Waals surface area contributed by atoms with Crippen molar-refractivity contribution < 1.29 is 5.21 Å². The molecule has 0 atom stereocenters. The third-order valence-corrected chi connectivity index (χ3v) is 1.61. The van der Waals surface area contributed by atoms with Crippen molar-refractivity contribution in [3.63, 3.8) is 0 Å². The summed E-state index contributed by atoms with van der Waals surface area (Å²) in [5.74, 6) is 2.85. The average molecular weight is 183 g/mol. The van der Waals surface area contributed by atoms with Gasteiger partial charge in [-0.1, -0.05) is 5.16 Å². The Morgan fingerprint density at radius 2 is 2.23 bits per heavy atom. The molecule has 74 valence electrons. The van der Waals surface area contributed by atoms with Crippen LogP contribution in [0.3, 0.4) is 0 Å². The van der Waals surface area contributed by atoms with Gasteiger partial charge in [-0.25, -0.2) is 0 Å². The van der Waals surface area contributed by atoms with E-state index in [4.69, 9.17) is 17.4 Å². The lowest BCUT2D eigenvalue weighted by atomic mass is 10.2. The molecule has 4 N–H and O–H groups in total. The van der Waals surface area contributed by atoms with Crippen LogP contribution in [0, 0.1) is 12.3 Å². The number of hydrogen-bond donors (Lipinski definition) is 3. The summed E-state index contributed by atoms with van der Waals surface area (Å²) in [6.07, 6.45) is 8.43. The van der Waals surface area contributed by atoms with E-state index in [1.54, 1.807) is 0 Å². The zero-order valence-corrected chi connectivity index (χ0v) is 7.79. The molecule has 0 amide bonds. The Hall–Kier alpha value is -1.21. The second-order valence-corrected chi connectivity index (χ2v) is 2.75. The number of amidine groups is 1. The summed E-state index contributed by atoms with van der Waals surface area (Å²) in [5.41, 5.74) is 5.29. The van der Waals surface area contributed by atoms with Crippen LogP contribution in [-0.4, -0.2) is 24.1 Å². The van der Waals surface area contributed by atoms with Gasteiger partial charge in [-0.05, 0) is 19.4 Å². The summed E-state index contributed by atoms with van der Waals surface area (Å²) in [4.78, 5) is 0. The second kappa shape index (κ2) is 8.88. The van der Waals surface area contributed by atoms with E-state index in [-0.39, 0.29) is 0 Å². The normalized spacial score (nSPS) is 11.2. The van der Waals surface area contributed by atoms with Gasteiger partial charge in [0.25, 0.3) is 0 Å². The van der Waals surface area contributed by atoms with Crippen LogP contribution in [0.2, 0.25) is 0 Å². The zero-order valence-electron chi connectivity index (χ0n) is 7.79. The van der Waals surface area contributed by atoms with E-state index in [1.807, 2.05) is 0 Å². The van der Waals surface area contributed by atoms with Crippen LogP contribution in [-0.2, 0) is 0 Å². The fourth-order valence-corrected chi connectivity index (χ4v) is 0.892. The Kier molecular flexibility index (Phi) is 8.06. The minimum absolute atomic E-state index is 0.295. The highest BCUT2D eigenvalue weighted by atomic mass is 16.4. The highest BCUT2D eigenvalue weighted by Crippen LogP contribution is 1.93. The van der Waals surface area contributed by atoms with Crippen LogP contribution >= 0.6 is 0 Å². The molecule has 0 aliphatic heterocycles. The van der Waals surface area contributed by atoms with Crippen LogP contribution in [0.25, 0.3) is 0 Å².